The molecule has 1 aromatic carbocycles. The van der Waals surface area contributed by atoms with Crippen LogP contribution in [0.25, 0.3) is 0 Å². The van der Waals surface area contributed by atoms with Gasteiger partial charge in [-0.1, -0.05) is 63.4 Å². The van der Waals surface area contributed by atoms with Gasteiger partial charge in [0, 0.05) is 6.42 Å². The predicted molar refractivity (Wildman–Crippen MR) is 94.0 cm³/mol. The van der Waals surface area contributed by atoms with Crippen molar-refractivity contribution < 1.29 is 23.9 Å². The van der Waals surface area contributed by atoms with E-state index in [0.717, 1.165) is 10.5 Å². The molecule has 1 aliphatic rings. The molecular weight excluding hydrogens is 322 g/mol. The van der Waals surface area contributed by atoms with Gasteiger partial charge in [-0.25, -0.2) is 9.59 Å². The van der Waals surface area contributed by atoms with Gasteiger partial charge in [-0.05, 0) is 5.56 Å². The Balaban J connectivity index is 0.000000550. The first-order valence-corrected chi connectivity index (χ1v) is 8.60. The predicted octanol–water partition coefficient (Wildman–Crippen LogP) is 3.34. The van der Waals surface area contributed by atoms with E-state index in [0.29, 0.717) is 0 Å². The number of hydrogen-bond acceptors (Lipinski definition) is 5. The molecule has 0 saturated carbocycles. The van der Waals surface area contributed by atoms with Crippen LogP contribution in [0, 0.1) is 0 Å². The zero-order valence-electron chi connectivity index (χ0n) is 15.2. The second-order valence-electron chi connectivity index (χ2n) is 5.80. The molecule has 1 unspecified atom stereocenters. The van der Waals surface area contributed by atoms with Crippen molar-refractivity contribution in [3.63, 3.8) is 0 Å². The maximum Gasteiger partial charge on any atom is 0.411 e. The lowest BCUT2D eigenvalue weighted by Gasteiger charge is -2.21. The minimum atomic E-state index is -0.879. The highest BCUT2D eigenvalue weighted by Crippen LogP contribution is 2.17. The number of rotatable bonds is 5. The first-order chi connectivity index (χ1) is 12.0. The van der Waals surface area contributed by atoms with Crippen LogP contribution in [0.15, 0.2) is 30.3 Å². The van der Waals surface area contributed by atoms with Crippen LogP contribution in [0.1, 0.15) is 45.1 Å². The van der Waals surface area contributed by atoms with Gasteiger partial charge in [0.25, 0.3) is 0 Å². The second kappa shape index (κ2) is 11.2. The zero-order valence-corrected chi connectivity index (χ0v) is 15.2. The first kappa shape index (κ1) is 20.7. The van der Waals surface area contributed by atoms with E-state index in [4.69, 9.17) is 4.74 Å². The van der Waals surface area contributed by atoms with E-state index in [2.05, 4.69) is 18.6 Å². The summed E-state index contributed by atoms with van der Waals surface area (Å²) in [6.07, 6.45) is 3.37. The molecule has 1 aliphatic heterocycles. The maximum atomic E-state index is 11.9. The number of carbonyl (C=O) groups is 3. The molecule has 0 aliphatic carbocycles. The van der Waals surface area contributed by atoms with Gasteiger partial charge in [-0.2, -0.15) is 0 Å². The Hall–Kier alpha value is -2.37. The van der Waals surface area contributed by atoms with Crippen molar-refractivity contribution in [2.75, 3.05) is 13.7 Å². The molecule has 0 radical (unpaired) electrons. The largest absolute Gasteiger partial charge is 0.467 e. The smallest absolute Gasteiger partial charge is 0.411 e. The minimum Gasteiger partial charge on any atom is -0.467 e. The van der Waals surface area contributed by atoms with E-state index < -0.39 is 18.1 Å². The molecule has 1 saturated heterocycles. The van der Waals surface area contributed by atoms with Crippen LogP contribution in [0.4, 0.5) is 4.79 Å². The molecule has 0 bridgehead atoms. The number of carbonyl (C=O) groups excluding carboxylic acids is 3. The minimum absolute atomic E-state index is 0.0207. The highest BCUT2D eigenvalue weighted by molar-refractivity contribution is 5.95. The lowest BCUT2D eigenvalue weighted by molar-refractivity contribution is -0.145. The monoisotopic (exact) mass is 349 g/mol. The molecule has 1 fully saturated rings. The van der Waals surface area contributed by atoms with Gasteiger partial charge in [0.2, 0.25) is 0 Å². The Morgan fingerprint density at radius 3 is 2.32 bits per heavy atom. The lowest BCUT2D eigenvalue weighted by Crippen LogP contribution is -2.41. The fraction of sp³-hybridized carbons (Fsp3) is 0.526. The van der Waals surface area contributed by atoms with E-state index in [1.54, 1.807) is 0 Å². The highest BCUT2D eigenvalue weighted by atomic mass is 16.6. The van der Waals surface area contributed by atoms with E-state index in [1.165, 1.54) is 26.4 Å². The fourth-order valence-corrected chi connectivity index (χ4v) is 2.38. The van der Waals surface area contributed by atoms with E-state index in [1.807, 2.05) is 30.3 Å². The Morgan fingerprint density at radius 2 is 1.80 bits per heavy atom. The third-order valence-electron chi connectivity index (χ3n) is 3.76. The Bertz CT molecular complexity index is 556. The number of ether oxygens (including phenoxy) is 2. The van der Waals surface area contributed by atoms with Crippen molar-refractivity contribution in [2.45, 2.75) is 52.2 Å². The average Bonchev–Trinajstić information content (AvgIpc) is 3.03. The van der Waals surface area contributed by atoms with Gasteiger partial charge in [0.05, 0.1) is 13.7 Å². The number of unbranched alkanes of at least 4 members (excludes halogenated alkanes) is 2. The van der Waals surface area contributed by atoms with E-state index in [-0.39, 0.29) is 25.4 Å². The Labute approximate surface area is 149 Å². The number of ketones is 1. The van der Waals surface area contributed by atoms with Crippen molar-refractivity contribution in [3.05, 3.63) is 35.9 Å². The molecule has 1 amide bonds. The van der Waals surface area contributed by atoms with Crippen molar-refractivity contribution in [3.8, 4) is 0 Å². The first-order valence-electron chi connectivity index (χ1n) is 8.60. The quantitative estimate of drug-likeness (QED) is 0.762. The van der Waals surface area contributed by atoms with Crippen LogP contribution in [-0.2, 0) is 25.7 Å². The molecule has 25 heavy (non-hydrogen) atoms. The summed E-state index contributed by atoms with van der Waals surface area (Å²) in [5, 5.41) is 0. The molecular formula is C19H27NO5. The van der Waals surface area contributed by atoms with Gasteiger partial charge in [0.15, 0.2) is 5.78 Å². The van der Waals surface area contributed by atoms with Gasteiger partial charge in [-0.15, -0.1) is 0 Å². The number of methoxy groups -OCH3 is 1. The lowest BCUT2D eigenvalue weighted by atomic mass is 10.2. The standard InChI is InChI=1S/C14H15NO5.C5H12/c1-19-13(17)12-7-11(16)8-15(12)14(18)20-9-10-5-3-2-4-6-10;1-3-5-4-2/h2-6,12H,7-9H2,1H3;3-5H2,1-2H3. The number of amides is 1. The van der Waals surface area contributed by atoms with Crippen LogP contribution in [0.5, 0.6) is 0 Å². The number of Topliss-reactive ketones (excluding diaryl/α,β-unsaturated/α-hetero) is 1. The van der Waals surface area contributed by atoms with Crippen LogP contribution < -0.4 is 0 Å². The van der Waals surface area contributed by atoms with Crippen molar-refractivity contribution >= 4 is 17.8 Å². The fourth-order valence-electron chi connectivity index (χ4n) is 2.38. The molecule has 6 heteroatoms. The number of benzene rings is 1. The Kier molecular flexibility index (Phi) is 9.29. The van der Waals surface area contributed by atoms with Crippen molar-refractivity contribution in [1.29, 1.82) is 0 Å². The molecule has 1 aromatic rings. The molecule has 2 rings (SSSR count). The molecule has 0 aromatic heterocycles. The van der Waals surface area contributed by atoms with Crippen LogP contribution in [0.3, 0.4) is 0 Å². The maximum absolute atomic E-state index is 11.9. The third-order valence-corrected chi connectivity index (χ3v) is 3.76. The van der Waals surface area contributed by atoms with Gasteiger partial charge < -0.3 is 9.47 Å². The zero-order chi connectivity index (χ0) is 18.7. The summed E-state index contributed by atoms with van der Waals surface area (Å²) >= 11 is 0. The van der Waals surface area contributed by atoms with Crippen LogP contribution in [-0.4, -0.2) is 42.4 Å². The SMILES string of the molecule is CCCCC.COC(=O)C1CC(=O)CN1C(=O)OCc1ccccc1. The van der Waals surface area contributed by atoms with Gasteiger partial charge >= 0.3 is 12.1 Å². The summed E-state index contributed by atoms with van der Waals surface area (Å²) in [6, 6.07) is 8.29. The summed E-state index contributed by atoms with van der Waals surface area (Å²) in [7, 11) is 1.22. The number of esters is 1. The third kappa shape index (κ3) is 6.95. The topological polar surface area (TPSA) is 72.9 Å². The number of hydrogen-bond donors (Lipinski definition) is 0. The summed E-state index contributed by atoms with van der Waals surface area (Å²) in [6.45, 7) is 4.40. The molecule has 6 nitrogen and oxygen atoms in total. The summed E-state index contributed by atoms with van der Waals surface area (Å²) in [4.78, 5) is 36.0. The Morgan fingerprint density at radius 1 is 1.16 bits per heavy atom. The molecule has 138 valence electrons. The molecule has 1 atom stereocenters. The summed E-state index contributed by atoms with van der Waals surface area (Å²) in [5.41, 5.74) is 0.834. The van der Waals surface area contributed by atoms with Crippen molar-refractivity contribution in [1.82, 2.24) is 4.90 Å². The van der Waals surface area contributed by atoms with Gasteiger partial charge in [-0.3, -0.25) is 9.69 Å². The molecule has 1 heterocycles. The molecule has 0 N–H and O–H groups in total. The highest BCUT2D eigenvalue weighted by Gasteiger charge is 2.40. The van der Waals surface area contributed by atoms with Gasteiger partial charge in [0.1, 0.15) is 12.6 Å². The van der Waals surface area contributed by atoms with Crippen LogP contribution in [0.2, 0.25) is 0 Å². The summed E-state index contributed by atoms with van der Waals surface area (Å²) in [5.74, 6) is -0.787. The second-order valence-corrected chi connectivity index (χ2v) is 5.80. The van der Waals surface area contributed by atoms with E-state index in [9.17, 15) is 14.4 Å². The normalized spacial score (nSPS) is 16.0. The van der Waals surface area contributed by atoms with E-state index >= 15 is 0 Å². The van der Waals surface area contributed by atoms with Crippen LogP contribution >= 0.6 is 0 Å². The number of nitrogens with zero attached hydrogens (tertiary/aromatic N) is 1. The molecule has 0 spiro atoms. The summed E-state index contributed by atoms with van der Waals surface area (Å²) < 4.78 is 9.70. The average molecular weight is 349 g/mol. The van der Waals surface area contributed by atoms with Crippen molar-refractivity contribution in [2.24, 2.45) is 0 Å². The number of likely N-dealkylation sites (tertiary alicyclic amines) is 1.